The normalized spacial score (nSPS) is 12.9. The van der Waals surface area contributed by atoms with E-state index in [1.54, 1.807) is 0 Å². The number of benzene rings is 8. The third kappa shape index (κ3) is 4.89. The molecule has 2 aromatic heterocycles. The summed E-state index contributed by atoms with van der Waals surface area (Å²) < 4.78 is 0. The van der Waals surface area contributed by atoms with Gasteiger partial charge in [-0.25, -0.2) is 9.97 Å². The Labute approximate surface area is 320 Å². The molecule has 0 aliphatic heterocycles. The van der Waals surface area contributed by atoms with Gasteiger partial charge in [0, 0.05) is 21.9 Å². The van der Waals surface area contributed by atoms with E-state index in [0.29, 0.717) is 0 Å². The summed E-state index contributed by atoms with van der Waals surface area (Å²) in [5, 5.41) is 4.66. The molecular weight excluding hydrogens is 665 g/mol. The number of nitrogens with zero attached hydrogens (tertiary/aromatic N) is 2. The van der Waals surface area contributed by atoms with Crippen molar-refractivity contribution in [1.29, 1.82) is 0 Å². The lowest BCUT2D eigenvalue weighted by Crippen LogP contribution is -2.28. The van der Waals surface area contributed by atoms with Gasteiger partial charge >= 0.3 is 0 Å². The van der Waals surface area contributed by atoms with Gasteiger partial charge in [0.25, 0.3) is 0 Å². The van der Waals surface area contributed by atoms with Crippen molar-refractivity contribution in [3.63, 3.8) is 0 Å². The SMILES string of the molecule is c1ccc(-c2ccc3ccc4ccc(-c5ccc6c(c5)C(c5ccccc5)(c5ccccc5)c5cc(-c7cccc8ccccc78)ccc5-6)nc4c3n2)cc1. The Morgan fingerprint density at radius 1 is 0.309 bits per heavy atom. The van der Waals surface area contributed by atoms with Crippen molar-refractivity contribution < 1.29 is 0 Å². The van der Waals surface area contributed by atoms with E-state index in [1.807, 2.05) is 6.07 Å². The Bertz CT molecular complexity index is 3030. The van der Waals surface area contributed by atoms with Crippen molar-refractivity contribution in [2.75, 3.05) is 0 Å². The smallest absolute Gasteiger partial charge is 0.0972 e. The zero-order valence-electron chi connectivity index (χ0n) is 30.0. The Hall–Kier alpha value is -7.16. The molecule has 2 heteroatoms. The van der Waals surface area contributed by atoms with Gasteiger partial charge in [-0.05, 0) is 79.5 Å². The molecule has 8 aromatic carbocycles. The van der Waals surface area contributed by atoms with Gasteiger partial charge in [0.05, 0.1) is 27.8 Å². The van der Waals surface area contributed by atoms with Crippen LogP contribution in [-0.4, -0.2) is 9.97 Å². The van der Waals surface area contributed by atoms with Crippen LogP contribution in [0.5, 0.6) is 0 Å². The summed E-state index contributed by atoms with van der Waals surface area (Å²) in [5.41, 5.74) is 15.3. The van der Waals surface area contributed by atoms with E-state index in [0.717, 1.165) is 44.3 Å². The Morgan fingerprint density at radius 3 is 1.44 bits per heavy atom. The van der Waals surface area contributed by atoms with E-state index >= 15 is 0 Å². The molecule has 11 rings (SSSR count). The number of pyridine rings is 2. The second-order valence-corrected chi connectivity index (χ2v) is 14.5. The first-order valence-electron chi connectivity index (χ1n) is 18.9. The molecule has 0 bridgehead atoms. The van der Waals surface area contributed by atoms with Gasteiger partial charge in [0.2, 0.25) is 0 Å². The van der Waals surface area contributed by atoms with E-state index in [1.165, 1.54) is 55.3 Å². The van der Waals surface area contributed by atoms with Crippen LogP contribution >= 0.6 is 0 Å². The highest BCUT2D eigenvalue weighted by molar-refractivity contribution is 6.04. The lowest BCUT2D eigenvalue weighted by atomic mass is 9.67. The minimum atomic E-state index is -0.556. The van der Waals surface area contributed by atoms with Crippen LogP contribution in [0.15, 0.2) is 206 Å². The summed E-state index contributed by atoms with van der Waals surface area (Å²) >= 11 is 0. The second-order valence-electron chi connectivity index (χ2n) is 14.5. The molecule has 0 atom stereocenters. The average molecular weight is 699 g/mol. The third-order valence-electron chi connectivity index (χ3n) is 11.5. The van der Waals surface area contributed by atoms with E-state index in [4.69, 9.17) is 9.97 Å². The fourth-order valence-corrected chi connectivity index (χ4v) is 8.99. The van der Waals surface area contributed by atoms with Crippen molar-refractivity contribution in [3.8, 4) is 44.8 Å². The number of aromatic nitrogens is 2. The maximum atomic E-state index is 5.40. The first-order valence-corrected chi connectivity index (χ1v) is 18.9. The number of fused-ring (bicyclic) bond motifs is 7. The van der Waals surface area contributed by atoms with Gasteiger partial charge in [0.1, 0.15) is 0 Å². The van der Waals surface area contributed by atoms with Crippen molar-refractivity contribution in [1.82, 2.24) is 9.97 Å². The first-order chi connectivity index (χ1) is 27.3. The molecule has 2 nitrogen and oxygen atoms in total. The fraction of sp³-hybridized carbons (Fsp3) is 0.0189. The Balaban J connectivity index is 1.15. The second kappa shape index (κ2) is 12.5. The fourth-order valence-electron chi connectivity index (χ4n) is 8.99. The summed E-state index contributed by atoms with van der Waals surface area (Å²) in [6.45, 7) is 0. The number of rotatable bonds is 5. The molecule has 256 valence electrons. The first kappa shape index (κ1) is 31.4. The van der Waals surface area contributed by atoms with Crippen LogP contribution < -0.4 is 0 Å². The van der Waals surface area contributed by atoms with Crippen LogP contribution in [0.3, 0.4) is 0 Å². The number of hydrogen-bond donors (Lipinski definition) is 0. The molecule has 1 aliphatic rings. The van der Waals surface area contributed by atoms with Crippen LogP contribution in [0.4, 0.5) is 0 Å². The quantitative estimate of drug-likeness (QED) is 0.167. The minimum absolute atomic E-state index is 0.556. The highest BCUT2D eigenvalue weighted by Gasteiger charge is 2.46. The zero-order chi connectivity index (χ0) is 36.3. The lowest BCUT2D eigenvalue weighted by Gasteiger charge is -2.34. The molecule has 0 fully saturated rings. The summed E-state index contributed by atoms with van der Waals surface area (Å²) in [6, 6.07) is 74.7. The molecule has 0 radical (unpaired) electrons. The average Bonchev–Trinajstić information content (AvgIpc) is 3.56. The lowest BCUT2D eigenvalue weighted by molar-refractivity contribution is 0.769. The minimum Gasteiger partial charge on any atom is -0.245 e. The molecule has 55 heavy (non-hydrogen) atoms. The molecule has 10 aromatic rings. The monoisotopic (exact) mass is 698 g/mol. The molecule has 0 saturated carbocycles. The van der Waals surface area contributed by atoms with Gasteiger partial charge in [0.15, 0.2) is 0 Å². The molecule has 0 unspecified atom stereocenters. The van der Waals surface area contributed by atoms with Crippen molar-refractivity contribution in [2.24, 2.45) is 0 Å². The maximum Gasteiger partial charge on any atom is 0.0972 e. The zero-order valence-corrected chi connectivity index (χ0v) is 30.0. The summed E-state index contributed by atoms with van der Waals surface area (Å²) in [4.78, 5) is 10.6. The predicted octanol–water partition coefficient (Wildman–Crippen LogP) is 13.3. The van der Waals surface area contributed by atoms with Gasteiger partial charge in [-0.3, -0.25) is 0 Å². The van der Waals surface area contributed by atoms with Crippen LogP contribution in [-0.2, 0) is 5.41 Å². The van der Waals surface area contributed by atoms with Gasteiger partial charge < -0.3 is 0 Å². The summed E-state index contributed by atoms with van der Waals surface area (Å²) in [7, 11) is 0. The molecule has 0 saturated heterocycles. The van der Waals surface area contributed by atoms with E-state index < -0.39 is 5.41 Å². The molecular formula is C53H34N2. The van der Waals surface area contributed by atoms with Crippen LogP contribution in [0, 0.1) is 0 Å². The van der Waals surface area contributed by atoms with Crippen LogP contribution in [0.1, 0.15) is 22.3 Å². The van der Waals surface area contributed by atoms with Crippen molar-refractivity contribution >= 4 is 32.6 Å². The highest BCUT2D eigenvalue weighted by atomic mass is 14.8. The molecule has 1 aliphatic carbocycles. The van der Waals surface area contributed by atoms with Gasteiger partial charge in [-0.15, -0.1) is 0 Å². The number of hydrogen-bond acceptors (Lipinski definition) is 2. The predicted molar refractivity (Wildman–Crippen MR) is 228 cm³/mol. The summed E-state index contributed by atoms with van der Waals surface area (Å²) in [6.07, 6.45) is 0. The topological polar surface area (TPSA) is 25.8 Å². The van der Waals surface area contributed by atoms with Gasteiger partial charge in [-0.1, -0.05) is 182 Å². The van der Waals surface area contributed by atoms with Crippen molar-refractivity contribution in [3.05, 3.63) is 229 Å². The van der Waals surface area contributed by atoms with Crippen LogP contribution in [0.2, 0.25) is 0 Å². The standard InChI is InChI=1S/C53H34N2/c1-4-14-36(15-5-1)49-31-27-37-23-24-38-28-32-50(55-52(38)51(37)54-49)40-26-30-46-45-29-25-39(44-22-12-16-35-13-10-11-21-43(35)44)33-47(45)53(48(46)34-40,41-17-6-2-7-18-41)42-19-8-3-9-20-42/h1-34H. The largest absolute Gasteiger partial charge is 0.245 e. The Kier molecular flexibility index (Phi) is 7.11. The molecule has 2 heterocycles. The van der Waals surface area contributed by atoms with Crippen molar-refractivity contribution in [2.45, 2.75) is 5.41 Å². The van der Waals surface area contributed by atoms with E-state index in [9.17, 15) is 0 Å². The van der Waals surface area contributed by atoms with E-state index in [2.05, 4.69) is 200 Å². The molecule has 0 amide bonds. The third-order valence-corrected chi connectivity index (χ3v) is 11.5. The molecule has 0 spiro atoms. The summed E-state index contributed by atoms with van der Waals surface area (Å²) in [5.74, 6) is 0. The maximum absolute atomic E-state index is 5.40. The van der Waals surface area contributed by atoms with E-state index in [-0.39, 0.29) is 0 Å². The highest BCUT2D eigenvalue weighted by Crippen LogP contribution is 2.57. The van der Waals surface area contributed by atoms with Crippen LogP contribution in [0.25, 0.3) is 77.3 Å². The molecule has 0 N–H and O–H groups in total. The van der Waals surface area contributed by atoms with Gasteiger partial charge in [-0.2, -0.15) is 0 Å². The Morgan fingerprint density at radius 2 is 0.800 bits per heavy atom.